The number of hydrogen-bond acceptors (Lipinski definition) is 5. The normalized spacial score (nSPS) is 16.7. The number of aromatic nitrogens is 2. The van der Waals surface area contributed by atoms with Crippen LogP contribution in [-0.2, 0) is 4.79 Å². The molecule has 0 spiro atoms. The molecule has 0 saturated heterocycles. The van der Waals surface area contributed by atoms with Crippen molar-refractivity contribution in [1.29, 1.82) is 0 Å². The number of nitrogen functional groups attached to an aromatic ring is 2. The molecule has 1 aliphatic rings. The largest absolute Gasteiger partial charge is 0.382 e. The monoisotopic (exact) mass is 235 g/mol. The van der Waals surface area contributed by atoms with E-state index in [-0.39, 0.29) is 23.5 Å². The van der Waals surface area contributed by atoms with Gasteiger partial charge in [0.25, 0.3) is 0 Å². The molecule has 0 aromatic carbocycles. The van der Waals surface area contributed by atoms with Gasteiger partial charge in [0.05, 0.1) is 0 Å². The van der Waals surface area contributed by atoms with Crippen LogP contribution in [0, 0.1) is 5.92 Å². The fraction of sp³-hybridized carbons (Fsp3) is 0.545. The molecule has 1 saturated carbocycles. The molecule has 1 heterocycles. The quantitative estimate of drug-likeness (QED) is 0.713. The van der Waals surface area contributed by atoms with Gasteiger partial charge in [-0.15, -0.1) is 0 Å². The molecule has 1 fully saturated rings. The van der Waals surface area contributed by atoms with Gasteiger partial charge >= 0.3 is 0 Å². The topological polar surface area (TPSA) is 107 Å². The van der Waals surface area contributed by atoms with Gasteiger partial charge in [0.15, 0.2) is 11.6 Å². The zero-order chi connectivity index (χ0) is 12.3. The van der Waals surface area contributed by atoms with Crippen LogP contribution >= 0.6 is 0 Å². The minimum absolute atomic E-state index is 0.0297. The lowest BCUT2D eigenvalue weighted by molar-refractivity contribution is -0.120. The molecule has 2 rings (SSSR count). The summed E-state index contributed by atoms with van der Waals surface area (Å²) in [6.07, 6.45) is 6.56. The van der Waals surface area contributed by atoms with E-state index in [2.05, 4.69) is 15.3 Å². The number of anilines is 3. The molecular formula is C11H17N5O. The SMILES string of the molecule is Nc1ncnc(N)c1NC(=O)C1CCCCC1. The average molecular weight is 235 g/mol. The van der Waals surface area contributed by atoms with Gasteiger partial charge in [0.2, 0.25) is 5.91 Å². The Morgan fingerprint density at radius 1 is 1.18 bits per heavy atom. The molecule has 1 amide bonds. The van der Waals surface area contributed by atoms with Crippen LogP contribution < -0.4 is 16.8 Å². The second-order valence-electron chi connectivity index (χ2n) is 4.34. The fourth-order valence-electron chi connectivity index (χ4n) is 2.13. The van der Waals surface area contributed by atoms with Gasteiger partial charge in [-0.2, -0.15) is 0 Å². The van der Waals surface area contributed by atoms with Crippen molar-refractivity contribution >= 4 is 23.2 Å². The Kier molecular flexibility index (Phi) is 3.41. The Hall–Kier alpha value is -1.85. The molecule has 1 aliphatic carbocycles. The first-order valence-electron chi connectivity index (χ1n) is 5.85. The van der Waals surface area contributed by atoms with Crippen molar-refractivity contribution in [3.8, 4) is 0 Å². The molecule has 17 heavy (non-hydrogen) atoms. The van der Waals surface area contributed by atoms with E-state index in [1.54, 1.807) is 0 Å². The minimum atomic E-state index is -0.0297. The van der Waals surface area contributed by atoms with Crippen molar-refractivity contribution in [2.75, 3.05) is 16.8 Å². The number of nitrogens with two attached hydrogens (primary N) is 2. The maximum absolute atomic E-state index is 12.0. The third-order valence-corrected chi connectivity index (χ3v) is 3.13. The number of hydrogen-bond donors (Lipinski definition) is 3. The summed E-state index contributed by atoms with van der Waals surface area (Å²) in [5.41, 5.74) is 11.6. The highest BCUT2D eigenvalue weighted by molar-refractivity contribution is 5.97. The van der Waals surface area contributed by atoms with Gasteiger partial charge in [-0.3, -0.25) is 4.79 Å². The van der Waals surface area contributed by atoms with Crippen LogP contribution in [0.5, 0.6) is 0 Å². The Balaban J connectivity index is 2.07. The summed E-state index contributed by atoms with van der Waals surface area (Å²) in [6.45, 7) is 0. The van der Waals surface area contributed by atoms with Gasteiger partial charge in [0.1, 0.15) is 12.0 Å². The van der Waals surface area contributed by atoms with Crippen LogP contribution in [0.25, 0.3) is 0 Å². The number of rotatable bonds is 2. The van der Waals surface area contributed by atoms with E-state index in [0.29, 0.717) is 5.69 Å². The van der Waals surface area contributed by atoms with Gasteiger partial charge < -0.3 is 16.8 Å². The lowest BCUT2D eigenvalue weighted by atomic mass is 9.88. The molecule has 92 valence electrons. The minimum Gasteiger partial charge on any atom is -0.382 e. The molecule has 0 unspecified atom stereocenters. The molecule has 5 N–H and O–H groups in total. The first-order valence-corrected chi connectivity index (χ1v) is 5.85. The van der Waals surface area contributed by atoms with E-state index in [9.17, 15) is 4.79 Å². The van der Waals surface area contributed by atoms with Gasteiger partial charge in [-0.1, -0.05) is 19.3 Å². The summed E-state index contributed by atoms with van der Waals surface area (Å²) in [6, 6.07) is 0. The lowest BCUT2D eigenvalue weighted by Crippen LogP contribution is -2.26. The molecule has 0 radical (unpaired) electrons. The molecule has 0 aliphatic heterocycles. The van der Waals surface area contributed by atoms with Crippen LogP contribution in [0.1, 0.15) is 32.1 Å². The maximum Gasteiger partial charge on any atom is 0.227 e. The summed E-state index contributed by atoms with van der Waals surface area (Å²) < 4.78 is 0. The zero-order valence-electron chi connectivity index (χ0n) is 9.65. The van der Waals surface area contributed by atoms with Crippen molar-refractivity contribution in [3.63, 3.8) is 0 Å². The number of carbonyl (C=O) groups excluding carboxylic acids is 1. The average Bonchev–Trinajstić information content (AvgIpc) is 2.35. The summed E-state index contributed by atoms with van der Waals surface area (Å²) in [5, 5.41) is 2.73. The van der Waals surface area contributed by atoms with E-state index in [4.69, 9.17) is 11.5 Å². The maximum atomic E-state index is 12.0. The number of amides is 1. The Morgan fingerprint density at radius 3 is 2.35 bits per heavy atom. The van der Waals surface area contributed by atoms with Gasteiger partial charge in [-0.05, 0) is 12.8 Å². The van der Waals surface area contributed by atoms with E-state index in [1.807, 2.05) is 0 Å². The van der Waals surface area contributed by atoms with Crippen LogP contribution in [-0.4, -0.2) is 15.9 Å². The van der Waals surface area contributed by atoms with Crippen molar-refractivity contribution in [2.24, 2.45) is 5.92 Å². The highest BCUT2D eigenvalue weighted by Crippen LogP contribution is 2.27. The Bertz CT molecular complexity index is 394. The van der Waals surface area contributed by atoms with Gasteiger partial charge in [-0.25, -0.2) is 9.97 Å². The van der Waals surface area contributed by atoms with Crippen molar-refractivity contribution in [1.82, 2.24) is 9.97 Å². The first kappa shape index (κ1) is 11.6. The molecule has 6 heteroatoms. The second kappa shape index (κ2) is 4.99. The Labute approximate surface area is 99.8 Å². The number of nitrogens with one attached hydrogen (secondary N) is 1. The van der Waals surface area contributed by atoms with Crippen molar-refractivity contribution in [3.05, 3.63) is 6.33 Å². The second-order valence-corrected chi connectivity index (χ2v) is 4.34. The van der Waals surface area contributed by atoms with Gasteiger partial charge in [0, 0.05) is 5.92 Å². The third kappa shape index (κ3) is 2.64. The predicted octanol–water partition coefficient (Wildman–Crippen LogP) is 1.16. The van der Waals surface area contributed by atoms with Crippen LogP contribution in [0.2, 0.25) is 0 Å². The molecule has 1 aromatic heterocycles. The standard InChI is InChI=1S/C11H17N5O/c12-9-8(10(13)15-6-14-9)16-11(17)7-4-2-1-3-5-7/h6-7H,1-5H2,(H,16,17)(H4,12,13,14,15). The highest BCUT2D eigenvalue weighted by atomic mass is 16.1. The molecule has 1 aromatic rings. The van der Waals surface area contributed by atoms with Crippen LogP contribution in [0.3, 0.4) is 0 Å². The number of carbonyl (C=O) groups is 1. The zero-order valence-corrected chi connectivity index (χ0v) is 9.65. The Morgan fingerprint density at radius 2 is 1.76 bits per heavy atom. The van der Waals surface area contributed by atoms with Crippen LogP contribution in [0.15, 0.2) is 6.33 Å². The fourth-order valence-corrected chi connectivity index (χ4v) is 2.13. The molecule has 0 atom stereocenters. The van der Waals surface area contributed by atoms with E-state index >= 15 is 0 Å². The predicted molar refractivity (Wildman–Crippen MR) is 66.1 cm³/mol. The summed E-state index contributed by atoms with van der Waals surface area (Å²) in [4.78, 5) is 19.6. The summed E-state index contributed by atoms with van der Waals surface area (Å²) in [5.74, 6) is 0.448. The van der Waals surface area contributed by atoms with E-state index in [0.717, 1.165) is 25.7 Å². The van der Waals surface area contributed by atoms with Crippen molar-refractivity contribution in [2.45, 2.75) is 32.1 Å². The molecular weight excluding hydrogens is 218 g/mol. The summed E-state index contributed by atoms with van der Waals surface area (Å²) >= 11 is 0. The number of nitrogens with zero attached hydrogens (tertiary/aromatic N) is 2. The molecule has 0 bridgehead atoms. The molecule has 6 nitrogen and oxygen atoms in total. The van der Waals surface area contributed by atoms with Crippen molar-refractivity contribution < 1.29 is 4.79 Å². The van der Waals surface area contributed by atoms with E-state index < -0.39 is 0 Å². The first-order chi connectivity index (χ1) is 8.18. The highest BCUT2D eigenvalue weighted by Gasteiger charge is 2.22. The smallest absolute Gasteiger partial charge is 0.227 e. The lowest BCUT2D eigenvalue weighted by Gasteiger charge is -2.21. The van der Waals surface area contributed by atoms with E-state index in [1.165, 1.54) is 12.7 Å². The van der Waals surface area contributed by atoms with Crippen LogP contribution in [0.4, 0.5) is 17.3 Å². The summed E-state index contributed by atoms with van der Waals surface area (Å²) in [7, 11) is 0. The third-order valence-electron chi connectivity index (χ3n) is 3.13.